The SMILES string of the molecule is CN1Cc2cc(N3CCCCC3)ccc2C(c2ccc3ccnn3c2)C1. The average Bonchev–Trinajstić information content (AvgIpc) is 3.15. The van der Waals surface area contributed by atoms with E-state index < -0.39 is 0 Å². The Kier molecular flexibility index (Phi) is 3.93. The molecule has 0 N–H and O–H groups in total. The molecule has 2 aliphatic heterocycles. The summed E-state index contributed by atoms with van der Waals surface area (Å²) >= 11 is 0. The first-order chi connectivity index (χ1) is 12.8. The van der Waals surface area contributed by atoms with Crippen molar-refractivity contribution < 1.29 is 0 Å². The molecule has 0 spiro atoms. The van der Waals surface area contributed by atoms with Gasteiger partial charge in [-0.15, -0.1) is 0 Å². The summed E-state index contributed by atoms with van der Waals surface area (Å²) in [4.78, 5) is 5.00. The molecular formula is C22H26N4. The minimum atomic E-state index is 0.410. The largest absolute Gasteiger partial charge is 0.372 e. The quantitative estimate of drug-likeness (QED) is 0.703. The van der Waals surface area contributed by atoms with Gasteiger partial charge in [-0.25, -0.2) is 4.52 Å². The molecule has 2 aliphatic rings. The van der Waals surface area contributed by atoms with Gasteiger partial charge in [0.1, 0.15) is 0 Å². The normalized spacial score (nSPS) is 21.1. The highest BCUT2D eigenvalue weighted by molar-refractivity contribution is 5.55. The van der Waals surface area contributed by atoms with E-state index in [4.69, 9.17) is 0 Å². The Morgan fingerprint density at radius 2 is 1.88 bits per heavy atom. The van der Waals surface area contributed by atoms with Crippen molar-refractivity contribution in [2.24, 2.45) is 0 Å². The molecule has 3 aromatic rings. The van der Waals surface area contributed by atoms with Gasteiger partial charge in [-0.05, 0) is 67.3 Å². The first-order valence-corrected chi connectivity index (χ1v) is 9.77. The minimum absolute atomic E-state index is 0.410. The Labute approximate surface area is 155 Å². The summed E-state index contributed by atoms with van der Waals surface area (Å²) in [7, 11) is 2.23. The van der Waals surface area contributed by atoms with Crippen LogP contribution in [0.4, 0.5) is 5.69 Å². The molecule has 1 aromatic carbocycles. The number of piperidine rings is 1. The highest BCUT2D eigenvalue weighted by Gasteiger charge is 2.26. The third kappa shape index (κ3) is 2.78. The number of nitrogens with zero attached hydrogens (tertiary/aromatic N) is 4. The van der Waals surface area contributed by atoms with Crippen molar-refractivity contribution >= 4 is 11.2 Å². The molecule has 134 valence electrons. The number of benzene rings is 1. The number of anilines is 1. The fourth-order valence-corrected chi connectivity index (χ4v) is 4.60. The smallest absolute Gasteiger partial charge is 0.0661 e. The number of likely N-dealkylation sites (N-methyl/N-ethyl adjacent to an activating group) is 1. The van der Waals surface area contributed by atoms with Gasteiger partial charge >= 0.3 is 0 Å². The van der Waals surface area contributed by atoms with Gasteiger partial charge in [0.2, 0.25) is 0 Å². The van der Waals surface area contributed by atoms with Gasteiger partial charge in [0, 0.05) is 50.2 Å². The maximum Gasteiger partial charge on any atom is 0.0661 e. The molecule has 1 atom stereocenters. The van der Waals surface area contributed by atoms with E-state index in [-0.39, 0.29) is 0 Å². The maximum absolute atomic E-state index is 4.42. The zero-order chi connectivity index (χ0) is 17.5. The molecule has 4 nitrogen and oxygen atoms in total. The Morgan fingerprint density at radius 1 is 1.00 bits per heavy atom. The van der Waals surface area contributed by atoms with Gasteiger partial charge in [0.05, 0.1) is 5.52 Å². The van der Waals surface area contributed by atoms with Crippen LogP contribution in [0.1, 0.15) is 41.9 Å². The summed E-state index contributed by atoms with van der Waals surface area (Å²) in [5.41, 5.74) is 6.86. The van der Waals surface area contributed by atoms with Crippen LogP contribution in [0.2, 0.25) is 0 Å². The van der Waals surface area contributed by atoms with Crippen LogP contribution in [0.5, 0.6) is 0 Å². The highest BCUT2D eigenvalue weighted by Crippen LogP contribution is 2.35. The zero-order valence-electron chi connectivity index (χ0n) is 15.4. The third-order valence-electron chi connectivity index (χ3n) is 5.98. The van der Waals surface area contributed by atoms with Crippen LogP contribution in [-0.4, -0.2) is 41.2 Å². The molecule has 5 rings (SSSR count). The van der Waals surface area contributed by atoms with Gasteiger partial charge in [-0.1, -0.05) is 12.1 Å². The molecular weight excluding hydrogens is 320 g/mol. The van der Waals surface area contributed by atoms with Crippen LogP contribution in [-0.2, 0) is 6.54 Å². The molecule has 1 fully saturated rings. The molecule has 0 radical (unpaired) electrons. The summed E-state index contributed by atoms with van der Waals surface area (Å²) in [6.45, 7) is 4.50. The molecule has 1 unspecified atom stereocenters. The van der Waals surface area contributed by atoms with Crippen LogP contribution in [0.15, 0.2) is 48.8 Å². The van der Waals surface area contributed by atoms with Gasteiger partial charge in [0.25, 0.3) is 0 Å². The molecule has 0 bridgehead atoms. The molecule has 0 saturated carbocycles. The van der Waals surface area contributed by atoms with Crippen LogP contribution in [0.25, 0.3) is 5.52 Å². The Bertz CT molecular complexity index is 923. The molecule has 4 heterocycles. The van der Waals surface area contributed by atoms with Crippen molar-refractivity contribution in [1.82, 2.24) is 14.5 Å². The van der Waals surface area contributed by atoms with Crippen molar-refractivity contribution in [2.75, 3.05) is 31.6 Å². The van der Waals surface area contributed by atoms with Crippen LogP contribution in [0.3, 0.4) is 0 Å². The summed E-state index contributed by atoms with van der Waals surface area (Å²) in [5, 5.41) is 4.42. The van der Waals surface area contributed by atoms with Crippen molar-refractivity contribution in [3.05, 3.63) is 65.5 Å². The van der Waals surface area contributed by atoms with Crippen molar-refractivity contribution in [3.8, 4) is 0 Å². The zero-order valence-corrected chi connectivity index (χ0v) is 15.4. The van der Waals surface area contributed by atoms with E-state index in [1.807, 2.05) is 10.7 Å². The molecule has 0 amide bonds. The summed E-state index contributed by atoms with van der Waals surface area (Å²) in [6.07, 6.45) is 8.08. The Hall–Kier alpha value is -2.33. The lowest BCUT2D eigenvalue weighted by Crippen LogP contribution is -2.32. The van der Waals surface area contributed by atoms with Crippen LogP contribution < -0.4 is 4.90 Å². The van der Waals surface area contributed by atoms with Crippen molar-refractivity contribution in [3.63, 3.8) is 0 Å². The third-order valence-corrected chi connectivity index (χ3v) is 5.98. The Morgan fingerprint density at radius 3 is 2.77 bits per heavy atom. The summed E-state index contributed by atoms with van der Waals surface area (Å²) in [6, 6.07) is 13.7. The number of rotatable bonds is 2. The number of aromatic nitrogens is 2. The van der Waals surface area contributed by atoms with Gasteiger partial charge in [0.15, 0.2) is 0 Å². The first kappa shape index (κ1) is 15.9. The second-order valence-corrected chi connectivity index (χ2v) is 7.84. The summed E-state index contributed by atoms with van der Waals surface area (Å²) < 4.78 is 1.99. The number of fused-ring (bicyclic) bond motifs is 2. The molecule has 4 heteroatoms. The molecule has 0 aliphatic carbocycles. The molecule has 2 aromatic heterocycles. The highest BCUT2D eigenvalue weighted by atomic mass is 15.2. The lowest BCUT2D eigenvalue weighted by atomic mass is 9.85. The molecule has 26 heavy (non-hydrogen) atoms. The predicted octanol–water partition coefficient (Wildman–Crippen LogP) is 3.90. The lowest BCUT2D eigenvalue weighted by molar-refractivity contribution is 0.295. The lowest BCUT2D eigenvalue weighted by Gasteiger charge is -2.35. The number of pyridine rings is 1. The minimum Gasteiger partial charge on any atom is -0.372 e. The monoisotopic (exact) mass is 346 g/mol. The summed E-state index contributed by atoms with van der Waals surface area (Å²) in [5.74, 6) is 0.410. The van der Waals surface area contributed by atoms with Gasteiger partial charge in [-0.2, -0.15) is 5.10 Å². The predicted molar refractivity (Wildman–Crippen MR) is 106 cm³/mol. The fraction of sp³-hybridized carbons (Fsp3) is 0.409. The van der Waals surface area contributed by atoms with E-state index in [9.17, 15) is 0 Å². The topological polar surface area (TPSA) is 23.8 Å². The van der Waals surface area contributed by atoms with Crippen LogP contribution >= 0.6 is 0 Å². The van der Waals surface area contributed by atoms with Gasteiger partial charge in [-0.3, -0.25) is 0 Å². The maximum atomic E-state index is 4.42. The van der Waals surface area contributed by atoms with E-state index in [2.05, 4.69) is 64.5 Å². The molecule has 1 saturated heterocycles. The van der Waals surface area contributed by atoms with E-state index in [1.54, 1.807) is 0 Å². The van der Waals surface area contributed by atoms with E-state index in [0.29, 0.717) is 5.92 Å². The van der Waals surface area contributed by atoms with E-state index >= 15 is 0 Å². The number of hydrogen-bond donors (Lipinski definition) is 0. The second-order valence-electron chi connectivity index (χ2n) is 7.84. The van der Waals surface area contributed by atoms with E-state index in [0.717, 1.165) is 18.6 Å². The fourth-order valence-electron chi connectivity index (χ4n) is 4.60. The standard InChI is InChI=1S/C22H26N4/c1-24-14-18-13-20(25-11-3-2-4-12-25)7-8-21(18)22(16-24)17-5-6-19-9-10-23-26(19)15-17/h5-10,13,15,22H,2-4,11-12,14,16H2,1H3. The first-order valence-electron chi connectivity index (χ1n) is 9.77. The number of hydrogen-bond acceptors (Lipinski definition) is 3. The van der Waals surface area contributed by atoms with Gasteiger partial charge < -0.3 is 9.80 Å². The van der Waals surface area contributed by atoms with Crippen molar-refractivity contribution in [1.29, 1.82) is 0 Å². The van der Waals surface area contributed by atoms with Crippen LogP contribution in [0, 0.1) is 0 Å². The second kappa shape index (κ2) is 6.44. The van der Waals surface area contributed by atoms with Crippen molar-refractivity contribution in [2.45, 2.75) is 31.7 Å². The van der Waals surface area contributed by atoms with E-state index in [1.165, 1.54) is 54.7 Å². The Balaban J connectivity index is 1.52. The average molecular weight is 346 g/mol.